The average Bonchev–Trinajstić information content (AvgIpc) is 2.77. The predicted molar refractivity (Wildman–Crippen MR) is 59.1 cm³/mol. The van der Waals surface area contributed by atoms with E-state index in [1.807, 2.05) is 0 Å². The van der Waals surface area contributed by atoms with E-state index in [4.69, 9.17) is 5.11 Å². The van der Waals surface area contributed by atoms with Gasteiger partial charge in [0.1, 0.15) is 29.5 Å². The van der Waals surface area contributed by atoms with Crippen LogP contribution in [0.5, 0.6) is 5.75 Å². The minimum absolute atomic E-state index is 0.0249. The van der Waals surface area contributed by atoms with Gasteiger partial charge in [0.2, 0.25) is 0 Å². The van der Waals surface area contributed by atoms with Crippen LogP contribution in [0.4, 0.5) is 0 Å². The monoisotopic (exact) mass is 233 g/mol. The summed E-state index contributed by atoms with van der Waals surface area (Å²) in [5, 5.41) is 22.6. The molecule has 17 heavy (non-hydrogen) atoms. The highest BCUT2D eigenvalue weighted by Crippen LogP contribution is 2.23. The predicted octanol–water partition coefficient (Wildman–Crippen LogP) is 1.16. The maximum Gasteiger partial charge on any atom is 0.313 e. The third-order valence-corrected chi connectivity index (χ3v) is 2.44. The zero-order valence-corrected chi connectivity index (χ0v) is 9.11. The lowest BCUT2D eigenvalue weighted by Gasteiger charge is -2.09. The van der Waals surface area contributed by atoms with Crippen molar-refractivity contribution in [3.63, 3.8) is 0 Å². The van der Waals surface area contributed by atoms with E-state index in [9.17, 15) is 9.90 Å². The maximum absolute atomic E-state index is 10.9. The number of rotatable bonds is 3. The van der Waals surface area contributed by atoms with E-state index in [0.717, 1.165) is 0 Å². The van der Waals surface area contributed by atoms with Gasteiger partial charge in [0.25, 0.3) is 0 Å². The number of phenols is 1. The van der Waals surface area contributed by atoms with Gasteiger partial charge in [-0.05, 0) is 19.1 Å². The fourth-order valence-corrected chi connectivity index (χ4v) is 1.49. The highest BCUT2D eigenvalue weighted by molar-refractivity contribution is 5.74. The molecule has 0 bridgehead atoms. The van der Waals surface area contributed by atoms with Crippen molar-refractivity contribution in [2.45, 2.75) is 12.8 Å². The van der Waals surface area contributed by atoms with Crippen molar-refractivity contribution in [3.8, 4) is 11.4 Å². The molecule has 0 aliphatic carbocycles. The van der Waals surface area contributed by atoms with Crippen LogP contribution in [0.1, 0.15) is 18.7 Å². The number of aliphatic carboxylic acids is 1. The van der Waals surface area contributed by atoms with Crippen LogP contribution < -0.4 is 0 Å². The Balaban J connectivity index is 2.51. The first kappa shape index (κ1) is 11.1. The second-order valence-electron chi connectivity index (χ2n) is 3.58. The van der Waals surface area contributed by atoms with Crippen molar-refractivity contribution in [1.82, 2.24) is 14.8 Å². The highest BCUT2D eigenvalue weighted by atomic mass is 16.4. The fourth-order valence-electron chi connectivity index (χ4n) is 1.49. The van der Waals surface area contributed by atoms with E-state index >= 15 is 0 Å². The summed E-state index contributed by atoms with van der Waals surface area (Å²) < 4.78 is 1.33. The molecule has 0 aliphatic rings. The van der Waals surface area contributed by atoms with E-state index in [1.165, 1.54) is 24.0 Å². The smallest absolute Gasteiger partial charge is 0.313 e. The first-order chi connectivity index (χ1) is 8.11. The second-order valence-corrected chi connectivity index (χ2v) is 3.58. The first-order valence-electron chi connectivity index (χ1n) is 5.02. The summed E-state index contributed by atoms with van der Waals surface area (Å²) >= 11 is 0. The summed E-state index contributed by atoms with van der Waals surface area (Å²) in [6, 6.07) is 6.55. The number of aromatic nitrogens is 3. The normalized spacial score (nSPS) is 12.3. The van der Waals surface area contributed by atoms with Crippen LogP contribution in [0, 0.1) is 0 Å². The van der Waals surface area contributed by atoms with E-state index in [2.05, 4.69) is 10.1 Å². The summed E-state index contributed by atoms with van der Waals surface area (Å²) in [5.74, 6) is -1.48. The van der Waals surface area contributed by atoms with Crippen molar-refractivity contribution in [2.24, 2.45) is 0 Å². The van der Waals surface area contributed by atoms with Crippen LogP contribution >= 0.6 is 0 Å². The first-order valence-corrected chi connectivity index (χ1v) is 5.02. The van der Waals surface area contributed by atoms with Crippen molar-refractivity contribution in [3.05, 3.63) is 36.4 Å². The molecule has 2 aromatic rings. The summed E-state index contributed by atoms with van der Waals surface area (Å²) in [5.41, 5.74) is 0.410. The Kier molecular flexibility index (Phi) is 2.78. The number of aromatic hydroxyl groups is 1. The van der Waals surface area contributed by atoms with Gasteiger partial charge in [-0.25, -0.2) is 9.67 Å². The molecule has 88 valence electrons. The molecule has 2 rings (SSSR count). The molecule has 0 amide bonds. The molecule has 1 aromatic carbocycles. The van der Waals surface area contributed by atoms with E-state index < -0.39 is 11.9 Å². The lowest BCUT2D eigenvalue weighted by atomic mass is 10.1. The molecule has 0 saturated heterocycles. The molecule has 6 nitrogen and oxygen atoms in total. The Morgan fingerprint density at radius 2 is 2.12 bits per heavy atom. The summed E-state index contributed by atoms with van der Waals surface area (Å²) in [4.78, 5) is 14.8. The van der Waals surface area contributed by atoms with Crippen LogP contribution in [0.25, 0.3) is 5.69 Å². The van der Waals surface area contributed by atoms with Gasteiger partial charge in [-0.1, -0.05) is 12.1 Å². The summed E-state index contributed by atoms with van der Waals surface area (Å²) in [7, 11) is 0. The quantitative estimate of drug-likeness (QED) is 0.830. The Labute approximate surface area is 97.2 Å². The largest absolute Gasteiger partial charge is 0.506 e. The minimum Gasteiger partial charge on any atom is -0.506 e. The molecular weight excluding hydrogens is 222 g/mol. The number of para-hydroxylation sites is 2. The van der Waals surface area contributed by atoms with E-state index in [-0.39, 0.29) is 11.6 Å². The molecule has 2 N–H and O–H groups in total. The number of hydrogen-bond acceptors (Lipinski definition) is 4. The molecule has 1 heterocycles. The molecule has 0 spiro atoms. The van der Waals surface area contributed by atoms with Crippen LogP contribution in [0.2, 0.25) is 0 Å². The SMILES string of the molecule is CC(C(=O)O)c1ncnn1-c1ccccc1O. The van der Waals surface area contributed by atoms with Crippen LogP contribution in [-0.2, 0) is 4.79 Å². The topological polar surface area (TPSA) is 88.2 Å². The Morgan fingerprint density at radius 1 is 1.41 bits per heavy atom. The van der Waals surface area contributed by atoms with Crippen LogP contribution in [-0.4, -0.2) is 30.9 Å². The van der Waals surface area contributed by atoms with Crippen molar-refractivity contribution in [2.75, 3.05) is 0 Å². The molecule has 1 aromatic heterocycles. The van der Waals surface area contributed by atoms with E-state index in [0.29, 0.717) is 5.69 Å². The third kappa shape index (κ3) is 1.96. The van der Waals surface area contributed by atoms with Gasteiger partial charge in [0.05, 0.1) is 0 Å². The number of hydrogen-bond donors (Lipinski definition) is 2. The fraction of sp³-hybridized carbons (Fsp3) is 0.182. The van der Waals surface area contributed by atoms with Gasteiger partial charge < -0.3 is 10.2 Å². The highest BCUT2D eigenvalue weighted by Gasteiger charge is 2.21. The van der Waals surface area contributed by atoms with Crippen molar-refractivity contribution < 1.29 is 15.0 Å². The number of phenolic OH excluding ortho intramolecular Hbond substituents is 1. The maximum atomic E-state index is 10.9. The zero-order valence-electron chi connectivity index (χ0n) is 9.11. The number of carbonyl (C=O) groups is 1. The van der Waals surface area contributed by atoms with Crippen molar-refractivity contribution >= 4 is 5.97 Å². The van der Waals surface area contributed by atoms with Gasteiger partial charge in [0.15, 0.2) is 0 Å². The van der Waals surface area contributed by atoms with Crippen LogP contribution in [0.3, 0.4) is 0 Å². The van der Waals surface area contributed by atoms with Crippen LogP contribution in [0.15, 0.2) is 30.6 Å². The zero-order chi connectivity index (χ0) is 12.4. The molecule has 1 unspecified atom stereocenters. The molecule has 0 radical (unpaired) electrons. The molecule has 0 fully saturated rings. The lowest BCUT2D eigenvalue weighted by molar-refractivity contribution is -0.138. The number of nitrogens with zero attached hydrogens (tertiary/aromatic N) is 3. The molecule has 0 aliphatic heterocycles. The third-order valence-electron chi connectivity index (χ3n) is 2.44. The average molecular weight is 233 g/mol. The van der Waals surface area contributed by atoms with Crippen molar-refractivity contribution in [1.29, 1.82) is 0 Å². The number of carboxylic acids is 1. The minimum atomic E-state index is -0.991. The standard InChI is InChI=1S/C11H11N3O3/c1-7(11(16)17)10-12-6-13-14(10)8-4-2-3-5-9(8)15/h2-7,15H,1H3,(H,16,17). The molecular formula is C11H11N3O3. The Morgan fingerprint density at radius 3 is 2.76 bits per heavy atom. The number of carboxylic acid groups (broad SMARTS) is 1. The Bertz CT molecular complexity index is 550. The van der Waals surface area contributed by atoms with Gasteiger partial charge >= 0.3 is 5.97 Å². The summed E-state index contributed by atoms with van der Waals surface area (Å²) in [6.45, 7) is 1.52. The van der Waals surface area contributed by atoms with Gasteiger partial charge in [-0.15, -0.1) is 0 Å². The molecule has 1 atom stereocenters. The van der Waals surface area contributed by atoms with Gasteiger partial charge in [-0.3, -0.25) is 4.79 Å². The Hall–Kier alpha value is -2.37. The number of benzene rings is 1. The molecule has 0 saturated carbocycles. The second kappa shape index (κ2) is 4.25. The van der Waals surface area contributed by atoms with Gasteiger partial charge in [-0.2, -0.15) is 5.10 Å². The molecule has 6 heteroatoms. The van der Waals surface area contributed by atoms with E-state index in [1.54, 1.807) is 18.2 Å². The van der Waals surface area contributed by atoms with Gasteiger partial charge in [0, 0.05) is 0 Å². The summed E-state index contributed by atoms with van der Waals surface area (Å²) in [6.07, 6.45) is 1.27. The lowest BCUT2D eigenvalue weighted by Crippen LogP contribution is -2.14.